The van der Waals surface area contributed by atoms with Crippen LogP contribution in [-0.2, 0) is 4.79 Å². The fourth-order valence-electron chi connectivity index (χ4n) is 1.70. The average molecular weight is 308 g/mol. The van der Waals surface area contributed by atoms with E-state index in [4.69, 9.17) is 28.9 Å². The molecule has 3 N–H and O–H groups in total. The molecule has 0 heterocycles. The van der Waals surface area contributed by atoms with Gasteiger partial charge in [0.25, 0.3) is 0 Å². The number of halogens is 2. The van der Waals surface area contributed by atoms with Gasteiger partial charge in [-0.15, -0.1) is 0 Å². The third kappa shape index (κ3) is 3.32. The van der Waals surface area contributed by atoms with Crippen LogP contribution in [0.2, 0.25) is 10.0 Å². The van der Waals surface area contributed by atoms with Gasteiger partial charge in [-0.05, 0) is 41.5 Å². The SMILES string of the molecule is Nc1ccc(/C(=C/c2ccc(Cl)c(Cl)c2)C(=O)O)cc1. The molecule has 0 amide bonds. The molecule has 0 bridgehead atoms. The first-order valence-electron chi connectivity index (χ1n) is 5.73. The van der Waals surface area contributed by atoms with Crippen LogP contribution in [0.4, 0.5) is 5.69 Å². The first-order chi connectivity index (χ1) is 9.47. The van der Waals surface area contributed by atoms with Gasteiger partial charge in [0.1, 0.15) is 0 Å². The Morgan fingerprint density at radius 2 is 1.70 bits per heavy atom. The highest BCUT2D eigenvalue weighted by Crippen LogP contribution is 2.26. The molecule has 102 valence electrons. The van der Waals surface area contributed by atoms with E-state index in [9.17, 15) is 9.90 Å². The molecule has 0 atom stereocenters. The minimum Gasteiger partial charge on any atom is -0.478 e. The summed E-state index contributed by atoms with van der Waals surface area (Å²) in [5, 5.41) is 10.1. The van der Waals surface area contributed by atoms with Crippen LogP contribution in [0.15, 0.2) is 42.5 Å². The van der Waals surface area contributed by atoms with Crippen molar-refractivity contribution in [3.05, 3.63) is 63.6 Å². The predicted molar refractivity (Wildman–Crippen MR) is 82.8 cm³/mol. The Morgan fingerprint density at radius 3 is 2.25 bits per heavy atom. The lowest BCUT2D eigenvalue weighted by Gasteiger charge is -2.04. The lowest BCUT2D eigenvalue weighted by molar-refractivity contribution is -0.130. The van der Waals surface area contributed by atoms with Gasteiger partial charge in [-0.1, -0.05) is 41.4 Å². The third-order valence-corrected chi connectivity index (χ3v) is 3.45. The van der Waals surface area contributed by atoms with Gasteiger partial charge >= 0.3 is 5.97 Å². The Labute approximate surface area is 126 Å². The van der Waals surface area contributed by atoms with E-state index >= 15 is 0 Å². The minimum absolute atomic E-state index is 0.156. The summed E-state index contributed by atoms with van der Waals surface area (Å²) in [6.07, 6.45) is 1.54. The van der Waals surface area contributed by atoms with Crippen molar-refractivity contribution in [1.82, 2.24) is 0 Å². The number of nitrogens with two attached hydrogens (primary N) is 1. The molecule has 0 aliphatic rings. The van der Waals surface area contributed by atoms with Crippen LogP contribution in [0.5, 0.6) is 0 Å². The number of anilines is 1. The van der Waals surface area contributed by atoms with Crippen LogP contribution in [0.25, 0.3) is 11.6 Å². The Balaban J connectivity index is 2.47. The number of carboxylic acid groups (broad SMARTS) is 1. The lowest BCUT2D eigenvalue weighted by Crippen LogP contribution is -2.00. The van der Waals surface area contributed by atoms with E-state index in [0.29, 0.717) is 26.9 Å². The van der Waals surface area contributed by atoms with Crippen molar-refractivity contribution in [2.45, 2.75) is 0 Å². The summed E-state index contributed by atoms with van der Waals surface area (Å²) < 4.78 is 0. The molecule has 0 fully saturated rings. The number of carboxylic acids is 1. The summed E-state index contributed by atoms with van der Waals surface area (Å²) in [5.74, 6) is -1.03. The molecule has 0 aliphatic heterocycles. The van der Waals surface area contributed by atoms with Crippen LogP contribution in [0.3, 0.4) is 0 Å². The maximum atomic E-state index is 11.4. The molecule has 0 saturated heterocycles. The number of hydrogen-bond donors (Lipinski definition) is 2. The quantitative estimate of drug-likeness (QED) is 0.507. The molecular formula is C15H11Cl2NO2. The second-order valence-corrected chi connectivity index (χ2v) is 4.97. The van der Waals surface area contributed by atoms with Crippen LogP contribution < -0.4 is 5.73 Å². The van der Waals surface area contributed by atoms with Crippen molar-refractivity contribution < 1.29 is 9.90 Å². The van der Waals surface area contributed by atoms with Gasteiger partial charge in [-0.2, -0.15) is 0 Å². The zero-order valence-electron chi connectivity index (χ0n) is 10.3. The van der Waals surface area contributed by atoms with E-state index in [1.165, 1.54) is 6.08 Å². The third-order valence-electron chi connectivity index (χ3n) is 2.71. The summed E-state index contributed by atoms with van der Waals surface area (Å²) in [5.41, 5.74) is 7.55. The van der Waals surface area contributed by atoms with E-state index in [1.807, 2.05) is 0 Å². The van der Waals surface area contributed by atoms with Crippen molar-refractivity contribution in [1.29, 1.82) is 0 Å². The average Bonchev–Trinajstić information content (AvgIpc) is 2.41. The van der Waals surface area contributed by atoms with Gasteiger partial charge in [0.2, 0.25) is 0 Å². The first-order valence-corrected chi connectivity index (χ1v) is 6.49. The van der Waals surface area contributed by atoms with Gasteiger partial charge in [0.15, 0.2) is 0 Å². The highest BCUT2D eigenvalue weighted by Gasteiger charge is 2.10. The van der Waals surface area contributed by atoms with Gasteiger partial charge in [-0.3, -0.25) is 0 Å². The summed E-state index contributed by atoms with van der Waals surface area (Å²) in [7, 11) is 0. The van der Waals surface area contributed by atoms with Crippen LogP contribution >= 0.6 is 23.2 Å². The maximum Gasteiger partial charge on any atom is 0.336 e. The Kier molecular flexibility index (Phi) is 4.32. The van der Waals surface area contributed by atoms with E-state index in [2.05, 4.69) is 0 Å². The molecule has 0 unspecified atom stereocenters. The molecule has 0 aromatic heterocycles. The summed E-state index contributed by atoms with van der Waals surface area (Å²) >= 11 is 11.7. The fourth-order valence-corrected chi connectivity index (χ4v) is 2.01. The summed E-state index contributed by atoms with van der Waals surface area (Å²) in [4.78, 5) is 11.4. The van der Waals surface area contributed by atoms with E-state index < -0.39 is 5.97 Å². The van der Waals surface area contributed by atoms with Gasteiger partial charge in [0.05, 0.1) is 15.6 Å². The number of rotatable bonds is 3. The molecule has 3 nitrogen and oxygen atoms in total. The highest BCUT2D eigenvalue weighted by molar-refractivity contribution is 6.42. The van der Waals surface area contributed by atoms with Crippen LogP contribution in [0, 0.1) is 0 Å². The van der Waals surface area contributed by atoms with Gasteiger partial charge in [0, 0.05) is 5.69 Å². The smallest absolute Gasteiger partial charge is 0.336 e. The van der Waals surface area contributed by atoms with Crippen LogP contribution in [-0.4, -0.2) is 11.1 Å². The minimum atomic E-state index is -1.03. The molecule has 0 saturated carbocycles. The van der Waals surface area contributed by atoms with E-state index in [-0.39, 0.29) is 5.57 Å². The standard InChI is InChI=1S/C15H11Cl2NO2/c16-13-6-1-9(8-14(13)17)7-12(15(19)20)10-2-4-11(18)5-3-10/h1-8H,18H2,(H,19,20)/b12-7-. The summed E-state index contributed by atoms with van der Waals surface area (Å²) in [6, 6.07) is 11.6. The van der Waals surface area contributed by atoms with E-state index in [0.717, 1.165) is 0 Å². The monoisotopic (exact) mass is 307 g/mol. The Morgan fingerprint density at radius 1 is 1.05 bits per heavy atom. The normalized spacial score (nSPS) is 11.4. The topological polar surface area (TPSA) is 63.3 Å². The van der Waals surface area contributed by atoms with Gasteiger partial charge < -0.3 is 10.8 Å². The van der Waals surface area contributed by atoms with Crippen LogP contribution in [0.1, 0.15) is 11.1 Å². The first kappa shape index (κ1) is 14.4. The Bertz CT molecular complexity index is 679. The molecule has 0 radical (unpaired) electrons. The summed E-state index contributed by atoms with van der Waals surface area (Å²) in [6.45, 7) is 0. The number of benzene rings is 2. The fraction of sp³-hybridized carbons (Fsp3) is 0. The number of aliphatic carboxylic acids is 1. The van der Waals surface area contributed by atoms with Gasteiger partial charge in [-0.25, -0.2) is 4.79 Å². The Hall–Kier alpha value is -1.97. The van der Waals surface area contributed by atoms with Crippen molar-refractivity contribution in [2.75, 3.05) is 5.73 Å². The number of nitrogen functional groups attached to an aromatic ring is 1. The van der Waals surface area contributed by atoms with Crippen molar-refractivity contribution >= 4 is 46.5 Å². The van der Waals surface area contributed by atoms with Crippen molar-refractivity contribution in [3.63, 3.8) is 0 Å². The largest absolute Gasteiger partial charge is 0.478 e. The maximum absolute atomic E-state index is 11.4. The second kappa shape index (κ2) is 5.99. The molecule has 20 heavy (non-hydrogen) atoms. The lowest BCUT2D eigenvalue weighted by atomic mass is 10.0. The second-order valence-electron chi connectivity index (χ2n) is 4.16. The molecule has 0 spiro atoms. The molecule has 2 aromatic carbocycles. The van der Waals surface area contributed by atoms with Crippen molar-refractivity contribution in [2.24, 2.45) is 0 Å². The molecule has 2 rings (SSSR count). The zero-order valence-corrected chi connectivity index (χ0v) is 11.8. The highest BCUT2D eigenvalue weighted by atomic mass is 35.5. The van der Waals surface area contributed by atoms with E-state index in [1.54, 1.807) is 42.5 Å². The zero-order chi connectivity index (χ0) is 14.7. The van der Waals surface area contributed by atoms with Crippen molar-refractivity contribution in [3.8, 4) is 0 Å². The number of carbonyl (C=O) groups is 1. The number of hydrogen-bond acceptors (Lipinski definition) is 2. The molecular weight excluding hydrogens is 297 g/mol. The molecule has 5 heteroatoms. The molecule has 0 aliphatic carbocycles. The molecule has 2 aromatic rings. The predicted octanol–water partition coefficient (Wildman–Crippen LogP) is 4.20.